The molecule has 0 aliphatic heterocycles. The van der Waals surface area contributed by atoms with Crippen molar-refractivity contribution in [2.45, 2.75) is 0 Å². The number of benzene rings is 6. The Morgan fingerprint density at radius 3 is 1.71 bits per heavy atom. The Morgan fingerprint density at radius 1 is 0.368 bits per heavy atom. The smallest absolute Gasteiger partial charge is 0.135 e. The van der Waals surface area contributed by atoms with Crippen molar-refractivity contribution in [2.24, 2.45) is 0 Å². The third-order valence-corrected chi connectivity index (χ3v) is 7.62. The molecule has 0 unspecified atom stereocenters. The number of para-hydroxylation sites is 3. The fourth-order valence-electron chi connectivity index (χ4n) is 5.77. The topological polar surface area (TPSA) is 18.1 Å². The van der Waals surface area contributed by atoms with Crippen molar-refractivity contribution in [3.8, 4) is 27.9 Å². The predicted octanol–water partition coefficient (Wildman–Crippen LogP) is 10.0. The van der Waals surface area contributed by atoms with E-state index in [1.165, 1.54) is 49.7 Å². The van der Waals surface area contributed by atoms with Gasteiger partial charge in [0.2, 0.25) is 0 Å². The minimum atomic E-state index is 0.925. The molecule has 8 rings (SSSR count). The number of hydrogen-bond donors (Lipinski definition) is 0. The molecule has 178 valence electrons. The molecule has 2 aromatic heterocycles. The molecule has 0 fully saturated rings. The number of fused-ring (bicyclic) bond motifs is 6. The maximum atomic E-state index is 6.01. The molecule has 6 aromatic carbocycles. The zero-order valence-corrected chi connectivity index (χ0v) is 20.6. The second kappa shape index (κ2) is 8.22. The Kier molecular flexibility index (Phi) is 4.55. The summed E-state index contributed by atoms with van der Waals surface area (Å²) in [5.74, 6) is 0. The molecule has 2 heterocycles. The SMILES string of the molecule is c1ccc(-n2c3ccccc3c3cc(-c4ccc(-c5ccc6oc7ccccc7c6c5)cc4)ccc32)cc1. The van der Waals surface area contributed by atoms with Crippen LogP contribution in [0.3, 0.4) is 0 Å². The summed E-state index contributed by atoms with van der Waals surface area (Å²) >= 11 is 0. The summed E-state index contributed by atoms with van der Waals surface area (Å²) in [6, 6.07) is 49.7. The lowest BCUT2D eigenvalue weighted by Crippen LogP contribution is -1.92. The number of hydrogen-bond acceptors (Lipinski definition) is 1. The standard InChI is InChI=1S/C36H23NO/c1-2-8-28(9-3-1)37-33-12-6-4-10-29(33)31-22-26(18-20-34(31)37)24-14-16-25(17-15-24)27-19-21-36-32(23-27)30-11-5-7-13-35(30)38-36/h1-23H. The van der Waals surface area contributed by atoms with Crippen LogP contribution in [0.2, 0.25) is 0 Å². The van der Waals surface area contributed by atoms with Crippen LogP contribution in [0.15, 0.2) is 144 Å². The average molecular weight is 486 g/mol. The Hall–Kier alpha value is -5.08. The second-order valence-corrected chi connectivity index (χ2v) is 9.81. The number of rotatable bonds is 3. The van der Waals surface area contributed by atoms with Crippen LogP contribution >= 0.6 is 0 Å². The summed E-state index contributed by atoms with van der Waals surface area (Å²) in [7, 11) is 0. The van der Waals surface area contributed by atoms with Crippen LogP contribution in [0.5, 0.6) is 0 Å². The zero-order valence-electron chi connectivity index (χ0n) is 20.6. The highest BCUT2D eigenvalue weighted by atomic mass is 16.3. The van der Waals surface area contributed by atoms with Gasteiger partial charge in [-0.2, -0.15) is 0 Å². The van der Waals surface area contributed by atoms with Gasteiger partial charge in [0.25, 0.3) is 0 Å². The van der Waals surface area contributed by atoms with Crippen molar-refractivity contribution in [3.63, 3.8) is 0 Å². The van der Waals surface area contributed by atoms with Gasteiger partial charge in [0.1, 0.15) is 11.2 Å². The summed E-state index contributed by atoms with van der Waals surface area (Å²) in [6.07, 6.45) is 0. The van der Waals surface area contributed by atoms with E-state index >= 15 is 0 Å². The Morgan fingerprint density at radius 2 is 0.921 bits per heavy atom. The highest BCUT2D eigenvalue weighted by Gasteiger charge is 2.13. The molecule has 0 atom stereocenters. The van der Waals surface area contributed by atoms with Gasteiger partial charge in [-0.1, -0.05) is 91.0 Å². The van der Waals surface area contributed by atoms with Crippen LogP contribution < -0.4 is 0 Å². The zero-order chi connectivity index (χ0) is 25.1. The molecule has 0 aliphatic rings. The Balaban J connectivity index is 1.22. The molecule has 0 saturated heterocycles. The summed E-state index contributed by atoms with van der Waals surface area (Å²) in [6.45, 7) is 0. The van der Waals surface area contributed by atoms with E-state index in [0.29, 0.717) is 0 Å². The number of nitrogens with zero attached hydrogens (tertiary/aromatic N) is 1. The van der Waals surface area contributed by atoms with Crippen molar-refractivity contribution in [3.05, 3.63) is 140 Å². The van der Waals surface area contributed by atoms with Gasteiger partial charge in [-0.3, -0.25) is 0 Å². The summed E-state index contributed by atoms with van der Waals surface area (Å²) in [5.41, 5.74) is 10.3. The number of furan rings is 1. The van der Waals surface area contributed by atoms with Gasteiger partial charge >= 0.3 is 0 Å². The third kappa shape index (κ3) is 3.21. The molecular formula is C36H23NO. The van der Waals surface area contributed by atoms with Crippen LogP contribution in [0.25, 0.3) is 71.7 Å². The van der Waals surface area contributed by atoms with E-state index in [-0.39, 0.29) is 0 Å². The van der Waals surface area contributed by atoms with Crippen LogP contribution in [-0.2, 0) is 0 Å². The summed E-state index contributed by atoms with van der Waals surface area (Å²) in [4.78, 5) is 0. The lowest BCUT2D eigenvalue weighted by molar-refractivity contribution is 0.669. The fraction of sp³-hybridized carbons (Fsp3) is 0. The van der Waals surface area contributed by atoms with Gasteiger partial charge in [-0.05, 0) is 70.8 Å². The van der Waals surface area contributed by atoms with Crippen molar-refractivity contribution < 1.29 is 4.42 Å². The molecule has 0 radical (unpaired) electrons. The predicted molar refractivity (Wildman–Crippen MR) is 159 cm³/mol. The third-order valence-electron chi connectivity index (χ3n) is 7.62. The van der Waals surface area contributed by atoms with E-state index < -0.39 is 0 Å². The quantitative estimate of drug-likeness (QED) is 0.243. The van der Waals surface area contributed by atoms with Gasteiger partial charge in [0.05, 0.1) is 11.0 Å². The molecule has 0 amide bonds. The highest BCUT2D eigenvalue weighted by molar-refractivity contribution is 6.10. The van der Waals surface area contributed by atoms with Crippen LogP contribution in [0, 0.1) is 0 Å². The maximum Gasteiger partial charge on any atom is 0.135 e. The van der Waals surface area contributed by atoms with Crippen molar-refractivity contribution >= 4 is 43.7 Å². The second-order valence-electron chi connectivity index (χ2n) is 9.81. The highest BCUT2D eigenvalue weighted by Crippen LogP contribution is 2.36. The van der Waals surface area contributed by atoms with Gasteiger partial charge in [0, 0.05) is 27.2 Å². The van der Waals surface area contributed by atoms with Gasteiger partial charge in [-0.15, -0.1) is 0 Å². The first-order chi connectivity index (χ1) is 18.8. The molecule has 2 heteroatoms. The summed E-state index contributed by atoms with van der Waals surface area (Å²) < 4.78 is 8.37. The first kappa shape index (κ1) is 21.0. The van der Waals surface area contributed by atoms with Gasteiger partial charge < -0.3 is 8.98 Å². The van der Waals surface area contributed by atoms with Crippen molar-refractivity contribution in [1.82, 2.24) is 4.57 Å². The molecule has 0 bridgehead atoms. The van der Waals surface area contributed by atoms with E-state index in [0.717, 1.165) is 21.9 Å². The molecule has 8 aromatic rings. The Labute approximate surface area is 220 Å². The fourth-order valence-corrected chi connectivity index (χ4v) is 5.77. The molecular weight excluding hydrogens is 462 g/mol. The van der Waals surface area contributed by atoms with E-state index in [2.05, 4.69) is 132 Å². The van der Waals surface area contributed by atoms with E-state index in [1.54, 1.807) is 0 Å². The average Bonchev–Trinajstić information content (AvgIpc) is 3.53. The van der Waals surface area contributed by atoms with Crippen molar-refractivity contribution in [1.29, 1.82) is 0 Å². The van der Waals surface area contributed by atoms with Gasteiger partial charge in [0.15, 0.2) is 0 Å². The van der Waals surface area contributed by atoms with Crippen LogP contribution in [-0.4, -0.2) is 4.57 Å². The monoisotopic (exact) mass is 485 g/mol. The molecule has 0 saturated carbocycles. The van der Waals surface area contributed by atoms with E-state index in [9.17, 15) is 0 Å². The molecule has 38 heavy (non-hydrogen) atoms. The van der Waals surface area contributed by atoms with Crippen LogP contribution in [0.1, 0.15) is 0 Å². The minimum absolute atomic E-state index is 0.925. The van der Waals surface area contributed by atoms with Crippen molar-refractivity contribution in [2.75, 3.05) is 0 Å². The number of aromatic nitrogens is 1. The molecule has 0 N–H and O–H groups in total. The first-order valence-corrected chi connectivity index (χ1v) is 12.9. The van der Waals surface area contributed by atoms with Gasteiger partial charge in [-0.25, -0.2) is 0 Å². The maximum absolute atomic E-state index is 6.01. The van der Waals surface area contributed by atoms with Crippen LogP contribution in [0.4, 0.5) is 0 Å². The largest absolute Gasteiger partial charge is 0.456 e. The first-order valence-electron chi connectivity index (χ1n) is 12.9. The lowest BCUT2D eigenvalue weighted by atomic mass is 9.98. The molecule has 2 nitrogen and oxygen atoms in total. The lowest BCUT2D eigenvalue weighted by Gasteiger charge is -2.08. The normalized spacial score (nSPS) is 11.7. The molecule has 0 aliphatic carbocycles. The summed E-state index contributed by atoms with van der Waals surface area (Å²) in [5, 5.41) is 4.85. The Bertz CT molecular complexity index is 2110. The van der Waals surface area contributed by atoms with E-state index in [4.69, 9.17) is 4.42 Å². The minimum Gasteiger partial charge on any atom is -0.456 e. The van der Waals surface area contributed by atoms with E-state index in [1.807, 2.05) is 12.1 Å². The molecule has 0 spiro atoms.